The fraction of sp³-hybridized carbons (Fsp3) is 0.571. The third-order valence-corrected chi connectivity index (χ3v) is 6.28. The fourth-order valence-corrected chi connectivity index (χ4v) is 4.47. The predicted molar refractivity (Wildman–Crippen MR) is 117 cm³/mol. The van der Waals surface area contributed by atoms with Gasteiger partial charge in [-0.1, -0.05) is 17.7 Å². The molecule has 2 aliphatic heterocycles. The van der Waals surface area contributed by atoms with Gasteiger partial charge in [0.1, 0.15) is 11.6 Å². The van der Waals surface area contributed by atoms with Crippen molar-refractivity contribution in [1.82, 2.24) is 19.2 Å². The Morgan fingerprint density at radius 2 is 1.88 bits per heavy atom. The van der Waals surface area contributed by atoms with Gasteiger partial charge in [0.2, 0.25) is 0 Å². The van der Waals surface area contributed by atoms with Gasteiger partial charge in [0.15, 0.2) is 6.23 Å². The third kappa shape index (κ3) is 5.59. The molecule has 0 amide bonds. The lowest BCUT2D eigenvalue weighted by molar-refractivity contribution is -0.141. The van der Waals surface area contributed by atoms with Crippen LogP contribution in [0.5, 0.6) is 0 Å². The number of anilines is 1. The van der Waals surface area contributed by atoms with E-state index in [1.165, 1.54) is 16.8 Å². The van der Waals surface area contributed by atoms with E-state index >= 15 is 0 Å². The monoisotopic (exact) mass is 487 g/mol. The molecule has 0 N–H and O–H groups in total. The molecular formula is C21H25ClF3N5O3. The summed E-state index contributed by atoms with van der Waals surface area (Å²) in [6.45, 7) is 1.57. The molecule has 0 radical (unpaired) electrons. The second-order valence-electron chi connectivity index (χ2n) is 8.23. The molecule has 2 aromatic heterocycles. The van der Waals surface area contributed by atoms with Gasteiger partial charge >= 0.3 is 6.18 Å². The number of ether oxygens (including phenoxy) is 1. The average molecular weight is 488 g/mol. The number of rotatable bonds is 5. The quantitative estimate of drug-likeness (QED) is 0.645. The number of nitrogens with zero attached hydrogens (tertiary/aromatic N) is 5. The van der Waals surface area contributed by atoms with Gasteiger partial charge in [-0.05, 0) is 25.3 Å². The maximum absolute atomic E-state index is 12.9. The van der Waals surface area contributed by atoms with Crippen molar-refractivity contribution < 1.29 is 17.9 Å². The Balaban J connectivity index is 1.43. The molecule has 2 aliphatic rings. The highest BCUT2D eigenvalue weighted by Gasteiger charge is 2.30. The minimum atomic E-state index is -4.48. The molecule has 0 saturated carbocycles. The maximum atomic E-state index is 12.9. The van der Waals surface area contributed by atoms with Crippen molar-refractivity contribution in [2.24, 2.45) is 0 Å². The Hall–Kier alpha value is -2.37. The number of hydrogen-bond donors (Lipinski definition) is 0. The SMILES string of the molecule is O=c1c(Cl)c(N2CCN(Cc3cccc(=O)n3CC(F)(F)F)CC2)cnn1C1CCCCO1. The van der Waals surface area contributed by atoms with Crippen LogP contribution in [-0.4, -0.2) is 58.2 Å². The summed E-state index contributed by atoms with van der Waals surface area (Å²) in [4.78, 5) is 28.6. The first-order chi connectivity index (χ1) is 15.7. The first-order valence-corrected chi connectivity index (χ1v) is 11.2. The molecule has 0 aromatic carbocycles. The van der Waals surface area contributed by atoms with Crippen molar-refractivity contribution in [1.29, 1.82) is 0 Å². The van der Waals surface area contributed by atoms with Crippen molar-refractivity contribution >= 4 is 17.3 Å². The van der Waals surface area contributed by atoms with Crippen LogP contribution in [-0.2, 0) is 17.8 Å². The number of piperazine rings is 1. The highest BCUT2D eigenvalue weighted by molar-refractivity contribution is 6.33. The van der Waals surface area contributed by atoms with Crippen molar-refractivity contribution in [3.8, 4) is 0 Å². The highest BCUT2D eigenvalue weighted by atomic mass is 35.5. The second kappa shape index (κ2) is 9.86. The second-order valence-corrected chi connectivity index (χ2v) is 8.61. The van der Waals surface area contributed by atoms with E-state index in [2.05, 4.69) is 5.10 Å². The zero-order valence-corrected chi connectivity index (χ0v) is 18.7. The van der Waals surface area contributed by atoms with E-state index in [9.17, 15) is 22.8 Å². The van der Waals surface area contributed by atoms with E-state index < -0.39 is 30.1 Å². The molecule has 4 heterocycles. The van der Waals surface area contributed by atoms with E-state index in [-0.39, 0.29) is 11.6 Å². The largest absolute Gasteiger partial charge is 0.406 e. The molecule has 4 rings (SSSR count). The van der Waals surface area contributed by atoms with Gasteiger partial charge in [-0.3, -0.25) is 14.5 Å². The summed E-state index contributed by atoms with van der Waals surface area (Å²) in [7, 11) is 0. The molecule has 2 fully saturated rings. The molecule has 2 saturated heterocycles. The lowest BCUT2D eigenvalue weighted by Gasteiger charge is -2.36. The van der Waals surface area contributed by atoms with Crippen LogP contribution in [0.4, 0.5) is 18.9 Å². The van der Waals surface area contributed by atoms with Gasteiger partial charge < -0.3 is 14.2 Å². The van der Waals surface area contributed by atoms with Gasteiger partial charge in [0.05, 0.1) is 11.9 Å². The van der Waals surface area contributed by atoms with E-state index in [1.54, 1.807) is 6.20 Å². The van der Waals surface area contributed by atoms with Crippen molar-refractivity contribution in [3.05, 3.63) is 55.8 Å². The summed E-state index contributed by atoms with van der Waals surface area (Å²) in [6.07, 6.45) is -0.703. The molecule has 1 atom stereocenters. The van der Waals surface area contributed by atoms with Gasteiger partial charge in [0.25, 0.3) is 11.1 Å². The van der Waals surface area contributed by atoms with Gasteiger partial charge in [0, 0.05) is 51.1 Å². The van der Waals surface area contributed by atoms with E-state index in [0.717, 1.165) is 23.5 Å². The average Bonchev–Trinajstić information content (AvgIpc) is 2.78. The Bertz CT molecular complexity index is 1090. The van der Waals surface area contributed by atoms with Gasteiger partial charge in [-0.2, -0.15) is 23.0 Å². The Morgan fingerprint density at radius 3 is 2.55 bits per heavy atom. The third-order valence-electron chi connectivity index (χ3n) is 5.93. The van der Waals surface area contributed by atoms with Gasteiger partial charge in [-0.25, -0.2) is 0 Å². The minimum Gasteiger partial charge on any atom is -0.366 e. The predicted octanol–water partition coefficient (Wildman–Crippen LogP) is 2.64. The molecule has 12 heteroatoms. The minimum absolute atomic E-state index is 0.0784. The van der Waals surface area contributed by atoms with Crippen molar-refractivity contribution in [3.63, 3.8) is 0 Å². The number of halogens is 4. The smallest absolute Gasteiger partial charge is 0.366 e. The van der Waals surface area contributed by atoms with Crippen LogP contribution in [0.3, 0.4) is 0 Å². The van der Waals surface area contributed by atoms with Crippen LogP contribution in [0.15, 0.2) is 34.0 Å². The normalized spacial score (nSPS) is 20.2. The number of hydrogen-bond acceptors (Lipinski definition) is 6. The maximum Gasteiger partial charge on any atom is 0.406 e. The Kier molecular flexibility index (Phi) is 7.10. The standard InChI is InChI=1S/C21H25ClF3N5O3/c22-19-16(12-26-30(20(19)32)18-6-1-2-11-33-18)28-9-7-27(8-10-28)13-15-4-3-5-17(31)29(15)14-21(23,24)25/h3-5,12,18H,1-2,6-11,13-14H2. The molecule has 0 spiro atoms. The molecule has 8 nitrogen and oxygen atoms in total. The van der Waals surface area contributed by atoms with Crippen LogP contribution < -0.4 is 16.0 Å². The van der Waals surface area contributed by atoms with Crippen molar-refractivity contribution in [2.75, 3.05) is 37.7 Å². The molecule has 180 valence electrons. The topological polar surface area (TPSA) is 72.6 Å². The van der Waals surface area contributed by atoms with E-state index in [4.69, 9.17) is 16.3 Å². The lowest BCUT2D eigenvalue weighted by atomic mass is 10.2. The van der Waals surface area contributed by atoms with Crippen LogP contribution in [0.2, 0.25) is 5.02 Å². The van der Waals surface area contributed by atoms with Crippen LogP contribution in [0.1, 0.15) is 31.2 Å². The Labute approximate surface area is 193 Å². The molecule has 2 aromatic rings. The first-order valence-electron chi connectivity index (χ1n) is 10.8. The summed E-state index contributed by atoms with van der Waals surface area (Å²) in [5, 5.41) is 4.35. The van der Waals surface area contributed by atoms with E-state index in [0.29, 0.717) is 50.6 Å². The summed E-state index contributed by atoms with van der Waals surface area (Å²) in [6, 6.07) is 4.13. The number of pyridine rings is 1. The van der Waals surface area contributed by atoms with Crippen LogP contribution >= 0.6 is 11.6 Å². The summed E-state index contributed by atoms with van der Waals surface area (Å²) < 4.78 is 46.4. The molecular weight excluding hydrogens is 463 g/mol. The summed E-state index contributed by atoms with van der Waals surface area (Å²) in [5.74, 6) is 0. The molecule has 0 aliphatic carbocycles. The summed E-state index contributed by atoms with van der Waals surface area (Å²) >= 11 is 6.39. The fourth-order valence-electron chi connectivity index (χ4n) is 4.21. The Morgan fingerprint density at radius 1 is 1.12 bits per heavy atom. The summed E-state index contributed by atoms with van der Waals surface area (Å²) in [5.41, 5.74) is -0.238. The first kappa shape index (κ1) is 23.8. The molecule has 0 bridgehead atoms. The lowest BCUT2D eigenvalue weighted by Crippen LogP contribution is -2.47. The number of alkyl halides is 3. The van der Waals surface area contributed by atoms with Crippen LogP contribution in [0.25, 0.3) is 0 Å². The zero-order valence-electron chi connectivity index (χ0n) is 17.9. The number of aromatic nitrogens is 3. The molecule has 1 unspecified atom stereocenters. The highest BCUT2D eigenvalue weighted by Crippen LogP contribution is 2.26. The molecule has 33 heavy (non-hydrogen) atoms. The van der Waals surface area contributed by atoms with E-state index in [1.807, 2.05) is 9.80 Å². The van der Waals surface area contributed by atoms with Crippen molar-refractivity contribution in [2.45, 2.75) is 44.8 Å². The van der Waals surface area contributed by atoms with Gasteiger partial charge in [-0.15, -0.1) is 0 Å². The zero-order chi connectivity index (χ0) is 23.6. The van der Waals surface area contributed by atoms with Crippen LogP contribution in [0, 0.1) is 0 Å².